The number of rotatable bonds is 0. The van der Waals surface area contributed by atoms with Crippen LogP contribution >= 0.6 is 0 Å². The molecule has 2 rings (SSSR count). The topological polar surface area (TPSA) is 12.4 Å². The first kappa shape index (κ1) is 5.74. The van der Waals surface area contributed by atoms with Crippen molar-refractivity contribution in [2.24, 2.45) is 4.63 Å². The highest BCUT2D eigenvalue weighted by Crippen LogP contribution is 2.21. The summed E-state index contributed by atoms with van der Waals surface area (Å²) >= 11 is 0. The summed E-state index contributed by atoms with van der Waals surface area (Å²) in [5.41, 5.74) is 4.46. The van der Waals surface area contributed by atoms with Gasteiger partial charge in [-0.15, -0.1) is 0 Å². The van der Waals surface area contributed by atoms with Crippen molar-refractivity contribution in [3.63, 3.8) is 0 Å². The minimum Gasteiger partial charge on any atom is -0.295 e. The first-order valence-electron chi connectivity index (χ1n) is 3.19. The molecule has 1 aliphatic heterocycles. The Kier molecular flexibility index (Phi) is 1.32. The second-order valence-electron chi connectivity index (χ2n) is 2.13. The first-order chi connectivity index (χ1) is 4.97. The van der Waals surface area contributed by atoms with E-state index in [9.17, 15) is 0 Å². The van der Waals surface area contributed by atoms with Crippen LogP contribution in [0.3, 0.4) is 0 Å². The van der Waals surface area contributed by atoms with Crippen molar-refractivity contribution in [2.45, 2.75) is 0 Å². The predicted octanol–water partition coefficient (Wildman–Crippen LogP) is 2.19. The van der Waals surface area contributed by atoms with E-state index in [0.29, 0.717) is 9.31 Å². The molecule has 10 heavy (non-hydrogen) atoms. The van der Waals surface area contributed by atoms with Crippen molar-refractivity contribution in [3.05, 3.63) is 35.5 Å². The number of benzene rings is 1. The van der Waals surface area contributed by atoms with E-state index in [2.05, 4.69) is 22.5 Å². The molecule has 1 aliphatic rings. The number of hydrogen-bond acceptors (Lipinski definition) is 1. The normalized spacial score (nSPS) is 13.2. The van der Waals surface area contributed by atoms with E-state index in [1.54, 1.807) is 0 Å². The van der Waals surface area contributed by atoms with Gasteiger partial charge in [0, 0.05) is 0 Å². The minimum atomic E-state index is 0.613. The highest BCUT2D eigenvalue weighted by Gasteiger charge is 1.96. The lowest BCUT2D eigenvalue weighted by molar-refractivity contribution is 1.52. The van der Waals surface area contributed by atoms with Crippen LogP contribution < -0.4 is 0 Å². The molecule has 0 spiro atoms. The van der Waals surface area contributed by atoms with Gasteiger partial charge in [0.2, 0.25) is 0 Å². The van der Waals surface area contributed by atoms with E-state index >= 15 is 0 Å². The maximum absolute atomic E-state index is 4.33. The molecule has 0 unspecified atom stereocenters. The second-order valence-corrected chi connectivity index (χ2v) is 2.95. The molecule has 1 aromatic rings. The Morgan fingerprint density at radius 2 is 2.10 bits per heavy atom. The summed E-state index contributed by atoms with van der Waals surface area (Å²) in [7, 11) is 0.613. The minimum absolute atomic E-state index is 0.613. The molecule has 0 saturated heterocycles. The Bertz CT molecular complexity index is 271. The van der Waals surface area contributed by atoms with Crippen LogP contribution in [0.4, 0.5) is 5.69 Å². The quantitative estimate of drug-likeness (QED) is 0.495. The Labute approximate surface area is 62.0 Å². The lowest BCUT2D eigenvalue weighted by atomic mass is 10.2. The van der Waals surface area contributed by atoms with E-state index < -0.39 is 0 Å². The highest BCUT2D eigenvalue weighted by atomic mass is 28.2. The molecule has 47 valence electrons. The molecule has 1 heterocycles. The number of hydrogen-bond donors (Lipinski definition) is 0. The summed E-state index contributed by atoms with van der Waals surface area (Å²) in [6.07, 6.45) is 2.13. The van der Waals surface area contributed by atoms with Crippen LogP contribution in [0.1, 0.15) is 5.56 Å². The third kappa shape index (κ3) is 0.865. The van der Waals surface area contributed by atoms with Gasteiger partial charge >= 0.3 is 0 Å². The lowest BCUT2D eigenvalue weighted by Crippen LogP contribution is -1.80. The molecule has 0 N–H and O–H groups in total. The van der Waals surface area contributed by atoms with Crippen LogP contribution in [0.2, 0.25) is 0 Å². The molecule has 1 aromatic carbocycles. The Balaban J connectivity index is 2.65. The maximum atomic E-state index is 4.33. The predicted molar refractivity (Wildman–Crippen MR) is 43.3 cm³/mol. The summed E-state index contributed by atoms with van der Waals surface area (Å²) in [6.45, 7) is 0. The lowest BCUT2D eigenvalue weighted by Gasteiger charge is -2.01. The summed E-state index contributed by atoms with van der Waals surface area (Å²) in [6, 6.07) is 8.18. The molecule has 0 atom stereocenters. The molecule has 0 fully saturated rings. The Morgan fingerprint density at radius 1 is 1.20 bits per heavy atom. The van der Waals surface area contributed by atoms with Crippen molar-refractivity contribution < 1.29 is 0 Å². The number of nitrogens with zero attached hydrogens (tertiary/aromatic N) is 1. The van der Waals surface area contributed by atoms with Gasteiger partial charge in [-0.05, 0) is 11.6 Å². The Hall–Kier alpha value is -1.02. The smallest absolute Gasteiger partial charge is 0.188 e. The van der Waals surface area contributed by atoms with E-state index in [1.807, 2.05) is 18.2 Å². The molecule has 0 saturated carbocycles. The fraction of sp³-hybridized carbons (Fsp3) is 0. The van der Waals surface area contributed by atoms with Gasteiger partial charge in [0.1, 0.15) is 0 Å². The second kappa shape index (κ2) is 2.31. The maximum Gasteiger partial charge on any atom is 0.188 e. The zero-order chi connectivity index (χ0) is 6.81. The van der Waals surface area contributed by atoms with Crippen LogP contribution in [-0.2, 0) is 0 Å². The standard InChI is InChI=1S/C8H6NSi/c1-2-4-8-7(3-1)5-6-10-9-8/h1-6H. The number of fused-ring (bicyclic) bond motifs is 1. The summed E-state index contributed by atoms with van der Waals surface area (Å²) in [4.78, 5) is 0. The van der Waals surface area contributed by atoms with Gasteiger partial charge in [-0.2, -0.15) is 0 Å². The highest BCUT2D eigenvalue weighted by molar-refractivity contribution is 6.32. The molecule has 0 aromatic heterocycles. The van der Waals surface area contributed by atoms with Gasteiger partial charge in [-0.1, -0.05) is 30.0 Å². The third-order valence-corrected chi connectivity index (χ3v) is 2.14. The van der Waals surface area contributed by atoms with Gasteiger partial charge in [0.05, 0.1) is 5.69 Å². The van der Waals surface area contributed by atoms with Crippen molar-refractivity contribution in [2.75, 3.05) is 0 Å². The molecule has 2 heteroatoms. The molecular weight excluding hydrogens is 138 g/mol. The van der Waals surface area contributed by atoms with Crippen LogP contribution in [0.25, 0.3) is 6.08 Å². The first-order valence-corrected chi connectivity index (χ1v) is 4.21. The largest absolute Gasteiger partial charge is 0.295 e. The molecule has 0 amide bonds. The van der Waals surface area contributed by atoms with Crippen LogP contribution in [0.15, 0.2) is 34.6 Å². The average molecular weight is 144 g/mol. The summed E-state index contributed by atoms with van der Waals surface area (Å²) < 4.78 is 4.33. The molecule has 1 nitrogen and oxygen atoms in total. The van der Waals surface area contributed by atoms with Crippen LogP contribution in [-0.4, -0.2) is 9.31 Å². The third-order valence-electron chi connectivity index (χ3n) is 1.46. The zero-order valence-electron chi connectivity index (χ0n) is 5.41. The van der Waals surface area contributed by atoms with Gasteiger partial charge in [0.15, 0.2) is 9.31 Å². The van der Waals surface area contributed by atoms with Crippen molar-refractivity contribution in [1.29, 1.82) is 0 Å². The van der Waals surface area contributed by atoms with E-state index in [-0.39, 0.29) is 0 Å². The monoisotopic (exact) mass is 144 g/mol. The SMILES string of the molecule is C1=Cc2ccccc2N=[Si]1. The van der Waals surface area contributed by atoms with Crippen molar-refractivity contribution in [3.8, 4) is 0 Å². The summed E-state index contributed by atoms with van der Waals surface area (Å²) in [5, 5.41) is 0. The van der Waals surface area contributed by atoms with Crippen LogP contribution in [0, 0.1) is 0 Å². The fourth-order valence-electron chi connectivity index (χ4n) is 0.964. The van der Waals surface area contributed by atoms with Crippen molar-refractivity contribution in [1.82, 2.24) is 0 Å². The van der Waals surface area contributed by atoms with E-state index in [4.69, 9.17) is 0 Å². The van der Waals surface area contributed by atoms with Gasteiger partial charge < -0.3 is 0 Å². The van der Waals surface area contributed by atoms with E-state index in [0.717, 1.165) is 5.69 Å². The average Bonchev–Trinajstić information content (AvgIpc) is 2.05. The molecule has 0 bridgehead atoms. The fourth-order valence-corrected chi connectivity index (χ4v) is 1.64. The molecule has 0 aliphatic carbocycles. The van der Waals surface area contributed by atoms with Crippen molar-refractivity contribution >= 4 is 21.1 Å². The van der Waals surface area contributed by atoms with Gasteiger partial charge in [-0.25, -0.2) is 0 Å². The van der Waals surface area contributed by atoms with Gasteiger partial charge in [-0.3, -0.25) is 4.63 Å². The molecule has 1 radical (unpaired) electrons. The summed E-state index contributed by atoms with van der Waals surface area (Å²) in [5.74, 6) is 0. The zero-order valence-corrected chi connectivity index (χ0v) is 6.41. The Morgan fingerprint density at radius 3 is 3.00 bits per heavy atom. The molecular formula is C8H6NSi. The van der Waals surface area contributed by atoms with E-state index in [1.165, 1.54) is 5.56 Å². The van der Waals surface area contributed by atoms with Gasteiger partial charge in [0.25, 0.3) is 0 Å². The van der Waals surface area contributed by atoms with Crippen LogP contribution in [0.5, 0.6) is 0 Å².